The monoisotopic (exact) mass is 227 g/mol. The van der Waals surface area contributed by atoms with E-state index in [9.17, 15) is 0 Å². The molecule has 1 unspecified atom stereocenters. The van der Waals surface area contributed by atoms with Crippen molar-refractivity contribution < 1.29 is 0 Å². The zero-order valence-electron chi connectivity index (χ0n) is 8.11. The van der Waals surface area contributed by atoms with E-state index in [2.05, 4.69) is 11.4 Å². The second kappa shape index (κ2) is 3.22. The Morgan fingerprint density at radius 1 is 1.43 bits per heavy atom. The molecule has 0 amide bonds. The van der Waals surface area contributed by atoms with E-state index in [1.807, 2.05) is 11.3 Å². The van der Waals surface area contributed by atoms with Crippen molar-refractivity contribution in [1.82, 2.24) is 5.32 Å². The molecule has 0 radical (unpaired) electrons. The third-order valence-electron chi connectivity index (χ3n) is 3.61. The predicted molar refractivity (Wildman–Crippen MR) is 61.4 cm³/mol. The SMILES string of the molecule is Clc1cc2c(s1)C1(CCC2)CCNC1. The molecule has 1 saturated heterocycles. The average molecular weight is 228 g/mol. The molecule has 1 aliphatic carbocycles. The zero-order chi connectivity index (χ0) is 9.60. The van der Waals surface area contributed by atoms with Gasteiger partial charge in [0.1, 0.15) is 0 Å². The van der Waals surface area contributed by atoms with E-state index in [-0.39, 0.29) is 0 Å². The summed E-state index contributed by atoms with van der Waals surface area (Å²) in [5, 5.41) is 3.50. The Kier molecular flexibility index (Phi) is 2.12. The highest BCUT2D eigenvalue weighted by atomic mass is 35.5. The minimum Gasteiger partial charge on any atom is -0.316 e. The summed E-state index contributed by atoms with van der Waals surface area (Å²) in [4.78, 5) is 1.58. The molecule has 0 saturated carbocycles. The Bertz CT molecular complexity index is 352. The van der Waals surface area contributed by atoms with Gasteiger partial charge in [0.25, 0.3) is 0 Å². The maximum Gasteiger partial charge on any atom is 0.0934 e. The number of aryl methyl sites for hydroxylation is 1. The van der Waals surface area contributed by atoms with Gasteiger partial charge in [-0.15, -0.1) is 11.3 Å². The van der Waals surface area contributed by atoms with Crippen LogP contribution < -0.4 is 5.32 Å². The Morgan fingerprint density at radius 3 is 3.14 bits per heavy atom. The predicted octanol–water partition coefficient (Wildman–Crippen LogP) is 2.97. The van der Waals surface area contributed by atoms with E-state index >= 15 is 0 Å². The number of hydrogen-bond donors (Lipinski definition) is 1. The van der Waals surface area contributed by atoms with Crippen LogP contribution in [0.1, 0.15) is 29.7 Å². The lowest BCUT2D eigenvalue weighted by atomic mass is 9.74. The molecule has 2 heterocycles. The molecule has 1 spiro atoms. The molecule has 1 fully saturated rings. The highest BCUT2D eigenvalue weighted by Gasteiger charge is 2.40. The van der Waals surface area contributed by atoms with Crippen LogP contribution in [0.2, 0.25) is 4.34 Å². The van der Waals surface area contributed by atoms with Gasteiger partial charge in [0.05, 0.1) is 4.34 Å². The molecule has 3 heteroatoms. The van der Waals surface area contributed by atoms with Crippen molar-refractivity contribution in [2.75, 3.05) is 13.1 Å². The first-order valence-corrected chi connectivity index (χ1v) is 6.49. The molecule has 1 N–H and O–H groups in total. The van der Waals surface area contributed by atoms with Crippen molar-refractivity contribution in [3.05, 3.63) is 20.8 Å². The van der Waals surface area contributed by atoms with Gasteiger partial charge >= 0.3 is 0 Å². The van der Waals surface area contributed by atoms with Gasteiger partial charge in [-0.3, -0.25) is 0 Å². The molecule has 14 heavy (non-hydrogen) atoms. The Labute approximate surface area is 93.5 Å². The van der Waals surface area contributed by atoms with Crippen molar-refractivity contribution in [1.29, 1.82) is 0 Å². The summed E-state index contributed by atoms with van der Waals surface area (Å²) in [5.41, 5.74) is 1.97. The number of thiophene rings is 1. The topological polar surface area (TPSA) is 12.0 Å². The third-order valence-corrected chi connectivity index (χ3v) is 5.16. The van der Waals surface area contributed by atoms with E-state index < -0.39 is 0 Å². The van der Waals surface area contributed by atoms with Crippen LogP contribution in [0.4, 0.5) is 0 Å². The van der Waals surface area contributed by atoms with Crippen molar-refractivity contribution in [3.63, 3.8) is 0 Å². The maximum absolute atomic E-state index is 6.11. The van der Waals surface area contributed by atoms with Gasteiger partial charge in [0.2, 0.25) is 0 Å². The van der Waals surface area contributed by atoms with E-state index in [0.29, 0.717) is 5.41 Å². The normalized spacial score (nSPS) is 30.9. The smallest absolute Gasteiger partial charge is 0.0934 e. The van der Waals surface area contributed by atoms with Crippen LogP contribution >= 0.6 is 22.9 Å². The fraction of sp³-hybridized carbons (Fsp3) is 0.636. The van der Waals surface area contributed by atoms with Gasteiger partial charge in [-0.2, -0.15) is 0 Å². The first-order valence-electron chi connectivity index (χ1n) is 5.30. The number of rotatable bonds is 0. The Hall–Kier alpha value is -0.0500. The van der Waals surface area contributed by atoms with Gasteiger partial charge in [-0.25, -0.2) is 0 Å². The molecule has 1 atom stereocenters. The molecule has 1 aromatic heterocycles. The van der Waals surface area contributed by atoms with E-state index in [1.54, 1.807) is 4.88 Å². The maximum atomic E-state index is 6.11. The molecule has 1 nitrogen and oxygen atoms in total. The number of hydrogen-bond acceptors (Lipinski definition) is 2. The second-order valence-electron chi connectivity index (χ2n) is 4.47. The van der Waals surface area contributed by atoms with Crippen molar-refractivity contribution >= 4 is 22.9 Å². The van der Waals surface area contributed by atoms with Crippen LogP contribution in [0.15, 0.2) is 6.07 Å². The van der Waals surface area contributed by atoms with E-state index in [0.717, 1.165) is 10.9 Å². The van der Waals surface area contributed by atoms with E-state index in [1.165, 1.54) is 37.8 Å². The summed E-state index contributed by atoms with van der Waals surface area (Å²) in [5.74, 6) is 0. The summed E-state index contributed by atoms with van der Waals surface area (Å²) in [7, 11) is 0. The number of fused-ring (bicyclic) bond motifs is 2. The van der Waals surface area contributed by atoms with Crippen LogP contribution in [0, 0.1) is 0 Å². The highest BCUT2D eigenvalue weighted by molar-refractivity contribution is 7.16. The number of halogens is 1. The van der Waals surface area contributed by atoms with E-state index in [4.69, 9.17) is 11.6 Å². The quantitative estimate of drug-likeness (QED) is 0.719. The summed E-state index contributed by atoms with van der Waals surface area (Å²) in [6, 6.07) is 2.18. The highest BCUT2D eigenvalue weighted by Crippen LogP contribution is 2.46. The molecule has 3 rings (SSSR count). The van der Waals surface area contributed by atoms with Crippen LogP contribution in [-0.2, 0) is 11.8 Å². The largest absolute Gasteiger partial charge is 0.316 e. The van der Waals surface area contributed by atoms with Gasteiger partial charge in [-0.1, -0.05) is 11.6 Å². The lowest BCUT2D eigenvalue weighted by molar-refractivity contribution is 0.402. The van der Waals surface area contributed by atoms with Gasteiger partial charge < -0.3 is 5.32 Å². The van der Waals surface area contributed by atoms with Crippen molar-refractivity contribution in [2.24, 2.45) is 0 Å². The van der Waals surface area contributed by atoms with Crippen LogP contribution in [-0.4, -0.2) is 13.1 Å². The first-order chi connectivity index (χ1) is 6.80. The lowest BCUT2D eigenvalue weighted by Crippen LogP contribution is -2.31. The lowest BCUT2D eigenvalue weighted by Gasteiger charge is -2.32. The summed E-state index contributed by atoms with van der Waals surface area (Å²) < 4.78 is 0.975. The molecule has 0 bridgehead atoms. The summed E-state index contributed by atoms with van der Waals surface area (Å²) in [6.07, 6.45) is 5.22. The van der Waals surface area contributed by atoms with Crippen molar-refractivity contribution in [3.8, 4) is 0 Å². The molecular weight excluding hydrogens is 214 g/mol. The second-order valence-corrected chi connectivity index (χ2v) is 6.15. The molecule has 1 aliphatic heterocycles. The Morgan fingerprint density at radius 2 is 2.36 bits per heavy atom. The molecule has 2 aliphatic rings. The molecule has 1 aromatic rings. The van der Waals surface area contributed by atoms with Gasteiger partial charge in [-0.05, 0) is 43.9 Å². The molecular formula is C11H14ClNS. The summed E-state index contributed by atoms with van der Waals surface area (Å²) >= 11 is 7.92. The fourth-order valence-electron chi connectivity index (χ4n) is 2.91. The fourth-order valence-corrected chi connectivity index (χ4v) is 4.46. The van der Waals surface area contributed by atoms with Crippen LogP contribution in [0.25, 0.3) is 0 Å². The minimum atomic E-state index is 0.450. The van der Waals surface area contributed by atoms with Crippen molar-refractivity contribution in [2.45, 2.75) is 31.1 Å². The minimum absolute atomic E-state index is 0.450. The Balaban J connectivity index is 2.09. The van der Waals surface area contributed by atoms with Gasteiger partial charge in [0.15, 0.2) is 0 Å². The zero-order valence-corrected chi connectivity index (χ0v) is 9.68. The number of nitrogens with one attached hydrogen (secondary N) is 1. The first kappa shape index (κ1) is 9.20. The third kappa shape index (κ3) is 1.24. The summed E-state index contributed by atoms with van der Waals surface area (Å²) in [6.45, 7) is 2.34. The standard InChI is InChI=1S/C11H14ClNS/c12-9-6-8-2-1-3-11(10(8)14-9)4-5-13-7-11/h6,13H,1-5,7H2. The molecule has 0 aromatic carbocycles. The van der Waals surface area contributed by atoms with Gasteiger partial charge in [0, 0.05) is 16.8 Å². The molecule has 76 valence electrons. The van der Waals surface area contributed by atoms with Crippen LogP contribution in [0.5, 0.6) is 0 Å². The average Bonchev–Trinajstić information content (AvgIpc) is 2.74. The van der Waals surface area contributed by atoms with Crippen LogP contribution in [0.3, 0.4) is 0 Å².